The van der Waals surface area contributed by atoms with Crippen molar-refractivity contribution in [3.05, 3.63) is 18.5 Å². The molecule has 3 fully saturated rings. The standard InChI is InChI=1S/C17H25N5O3/c23-17(21-6-8-24-9-7-21)22-5-2-14-13(11-22)12-25-15(14)10-20-16-18-3-1-4-19-16/h1,3-4,13-15H,2,5-12H2,(H,18,19,20)/t13-,14-,15-/m1/s1. The number of morpholine rings is 1. The molecule has 1 aromatic rings. The molecule has 3 aliphatic heterocycles. The summed E-state index contributed by atoms with van der Waals surface area (Å²) in [6, 6.07) is 1.95. The lowest BCUT2D eigenvalue weighted by molar-refractivity contribution is 0.0368. The molecule has 2 amide bonds. The maximum absolute atomic E-state index is 12.7. The van der Waals surface area contributed by atoms with Crippen molar-refractivity contribution in [2.45, 2.75) is 12.5 Å². The second-order valence-electron chi connectivity index (χ2n) is 6.87. The SMILES string of the molecule is O=C(N1CCOCC1)N1CC[C@@H]2[C@@H](CO[C@@H]2CNc2ncccn2)C1. The highest BCUT2D eigenvalue weighted by atomic mass is 16.5. The van der Waals surface area contributed by atoms with E-state index in [0.29, 0.717) is 50.6 Å². The Morgan fingerprint density at radius 1 is 1.20 bits per heavy atom. The summed E-state index contributed by atoms with van der Waals surface area (Å²) in [5.74, 6) is 1.54. The van der Waals surface area contributed by atoms with Crippen molar-refractivity contribution in [3.63, 3.8) is 0 Å². The van der Waals surface area contributed by atoms with Crippen LogP contribution in [0.15, 0.2) is 18.5 Å². The zero-order valence-electron chi connectivity index (χ0n) is 14.3. The third kappa shape index (κ3) is 3.69. The fourth-order valence-electron chi connectivity index (χ4n) is 4.01. The van der Waals surface area contributed by atoms with E-state index in [1.807, 2.05) is 9.80 Å². The molecule has 0 aromatic carbocycles. The predicted octanol–water partition coefficient (Wildman–Crippen LogP) is 0.678. The molecule has 1 N–H and O–H groups in total. The Balaban J connectivity index is 1.29. The summed E-state index contributed by atoms with van der Waals surface area (Å²) >= 11 is 0. The second kappa shape index (κ2) is 7.53. The van der Waals surface area contributed by atoms with Crippen LogP contribution in [0.5, 0.6) is 0 Å². The van der Waals surface area contributed by atoms with E-state index in [9.17, 15) is 4.79 Å². The molecule has 136 valence electrons. The van der Waals surface area contributed by atoms with Crippen LogP contribution in [0.3, 0.4) is 0 Å². The molecule has 8 nitrogen and oxygen atoms in total. The summed E-state index contributed by atoms with van der Waals surface area (Å²) in [6.45, 7) is 5.71. The van der Waals surface area contributed by atoms with Gasteiger partial charge in [-0.1, -0.05) is 0 Å². The van der Waals surface area contributed by atoms with Crippen molar-refractivity contribution in [2.24, 2.45) is 11.8 Å². The Kier molecular flexibility index (Phi) is 4.98. The summed E-state index contributed by atoms with van der Waals surface area (Å²) in [4.78, 5) is 24.9. The maximum atomic E-state index is 12.7. The van der Waals surface area contributed by atoms with Crippen LogP contribution in [0.2, 0.25) is 0 Å². The Labute approximate surface area is 147 Å². The minimum absolute atomic E-state index is 0.154. The number of nitrogens with one attached hydrogen (secondary N) is 1. The summed E-state index contributed by atoms with van der Waals surface area (Å²) in [6.07, 6.45) is 4.60. The van der Waals surface area contributed by atoms with E-state index in [-0.39, 0.29) is 12.1 Å². The van der Waals surface area contributed by atoms with E-state index in [1.165, 1.54) is 0 Å². The minimum atomic E-state index is 0.154. The molecular weight excluding hydrogens is 322 g/mol. The summed E-state index contributed by atoms with van der Waals surface area (Å²) in [7, 11) is 0. The molecule has 3 atom stereocenters. The van der Waals surface area contributed by atoms with Crippen molar-refractivity contribution in [2.75, 3.05) is 57.9 Å². The number of carbonyl (C=O) groups is 1. The molecule has 0 radical (unpaired) electrons. The predicted molar refractivity (Wildman–Crippen MR) is 91.2 cm³/mol. The number of nitrogens with zero attached hydrogens (tertiary/aromatic N) is 4. The van der Waals surface area contributed by atoms with Crippen LogP contribution < -0.4 is 5.32 Å². The number of rotatable bonds is 3. The van der Waals surface area contributed by atoms with Gasteiger partial charge in [0.25, 0.3) is 0 Å². The topological polar surface area (TPSA) is 79.8 Å². The fraction of sp³-hybridized carbons (Fsp3) is 0.706. The first kappa shape index (κ1) is 16.5. The number of piperidine rings is 1. The van der Waals surface area contributed by atoms with Gasteiger partial charge in [0.1, 0.15) is 0 Å². The molecule has 0 spiro atoms. The summed E-state index contributed by atoms with van der Waals surface area (Å²) < 4.78 is 11.3. The number of fused-ring (bicyclic) bond motifs is 1. The number of ether oxygens (including phenoxy) is 2. The molecule has 0 aliphatic carbocycles. The highest BCUT2D eigenvalue weighted by Crippen LogP contribution is 2.34. The van der Waals surface area contributed by atoms with Crippen molar-refractivity contribution < 1.29 is 14.3 Å². The van der Waals surface area contributed by atoms with Gasteiger partial charge in [-0.15, -0.1) is 0 Å². The number of urea groups is 1. The van der Waals surface area contributed by atoms with Gasteiger partial charge in [0.05, 0.1) is 25.9 Å². The molecule has 0 saturated carbocycles. The molecule has 0 bridgehead atoms. The van der Waals surface area contributed by atoms with Crippen LogP contribution >= 0.6 is 0 Å². The first-order valence-corrected chi connectivity index (χ1v) is 9.05. The lowest BCUT2D eigenvalue weighted by Gasteiger charge is -2.39. The number of aromatic nitrogens is 2. The van der Waals surface area contributed by atoms with E-state index in [1.54, 1.807) is 18.5 Å². The number of anilines is 1. The lowest BCUT2D eigenvalue weighted by Crippen LogP contribution is -2.52. The van der Waals surface area contributed by atoms with Crippen molar-refractivity contribution >= 4 is 12.0 Å². The number of amides is 2. The van der Waals surface area contributed by atoms with Crippen molar-refractivity contribution in [3.8, 4) is 0 Å². The number of likely N-dealkylation sites (tertiary alicyclic amines) is 1. The highest BCUT2D eigenvalue weighted by molar-refractivity contribution is 5.74. The van der Waals surface area contributed by atoms with Crippen LogP contribution in [0.1, 0.15) is 6.42 Å². The van der Waals surface area contributed by atoms with Gasteiger partial charge in [-0.2, -0.15) is 0 Å². The van der Waals surface area contributed by atoms with Crippen LogP contribution in [0.4, 0.5) is 10.7 Å². The molecule has 1 aromatic heterocycles. The highest BCUT2D eigenvalue weighted by Gasteiger charge is 2.42. The van der Waals surface area contributed by atoms with E-state index >= 15 is 0 Å². The molecular formula is C17H25N5O3. The quantitative estimate of drug-likeness (QED) is 0.866. The summed E-state index contributed by atoms with van der Waals surface area (Å²) in [5, 5.41) is 3.26. The largest absolute Gasteiger partial charge is 0.378 e. The number of hydrogen-bond acceptors (Lipinski definition) is 6. The van der Waals surface area contributed by atoms with Crippen LogP contribution in [-0.2, 0) is 9.47 Å². The van der Waals surface area contributed by atoms with E-state index < -0.39 is 0 Å². The van der Waals surface area contributed by atoms with Gasteiger partial charge < -0.3 is 24.6 Å². The molecule has 3 saturated heterocycles. The van der Waals surface area contributed by atoms with Gasteiger partial charge in [-0.05, 0) is 18.4 Å². The zero-order chi connectivity index (χ0) is 17.1. The van der Waals surface area contributed by atoms with Gasteiger partial charge in [0, 0.05) is 51.0 Å². The average molecular weight is 347 g/mol. The third-order valence-corrected chi connectivity index (χ3v) is 5.37. The molecule has 8 heteroatoms. The van der Waals surface area contributed by atoms with Gasteiger partial charge >= 0.3 is 6.03 Å². The molecule has 3 aliphatic rings. The lowest BCUT2D eigenvalue weighted by atomic mass is 9.84. The fourth-order valence-corrected chi connectivity index (χ4v) is 4.01. The Hall–Kier alpha value is -1.93. The Morgan fingerprint density at radius 2 is 2.00 bits per heavy atom. The van der Waals surface area contributed by atoms with E-state index in [0.717, 1.165) is 26.1 Å². The monoisotopic (exact) mass is 347 g/mol. The summed E-state index contributed by atoms with van der Waals surface area (Å²) in [5.41, 5.74) is 0. The Morgan fingerprint density at radius 3 is 2.80 bits per heavy atom. The van der Waals surface area contributed by atoms with E-state index in [2.05, 4.69) is 15.3 Å². The Bertz CT molecular complexity index is 581. The second-order valence-corrected chi connectivity index (χ2v) is 6.87. The van der Waals surface area contributed by atoms with Gasteiger partial charge in [0.2, 0.25) is 5.95 Å². The molecule has 25 heavy (non-hydrogen) atoms. The third-order valence-electron chi connectivity index (χ3n) is 5.37. The van der Waals surface area contributed by atoms with E-state index in [4.69, 9.17) is 9.47 Å². The molecule has 4 rings (SSSR count). The van der Waals surface area contributed by atoms with Crippen LogP contribution in [-0.4, -0.2) is 84.4 Å². The first-order chi connectivity index (χ1) is 12.3. The van der Waals surface area contributed by atoms with Crippen LogP contribution in [0.25, 0.3) is 0 Å². The van der Waals surface area contributed by atoms with Gasteiger partial charge in [0.15, 0.2) is 0 Å². The zero-order valence-corrected chi connectivity index (χ0v) is 14.3. The number of carbonyl (C=O) groups excluding carboxylic acids is 1. The average Bonchev–Trinajstić information content (AvgIpc) is 3.09. The first-order valence-electron chi connectivity index (χ1n) is 9.05. The van der Waals surface area contributed by atoms with Gasteiger partial charge in [-0.25, -0.2) is 14.8 Å². The molecule has 4 heterocycles. The smallest absolute Gasteiger partial charge is 0.320 e. The maximum Gasteiger partial charge on any atom is 0.320 e. The normalized spacial score (nSPS) is 29.4. The minimum Gasteiger partial charge on any atom is -0.378 e. The van der Waals surface area contributed by atoms with Crippen LogP contribution in [0, 0.1) is 11.8 Å². The number of hydrogen-bond donors (Lipinski definition) is 1. The van der Waals surface area contributed by atoms with Crippen molar-refractivity contribution in [1.82, 2.24) is 19.8 Å². The molecule has 0 unspecified atom stereocenters. The van der Waals surface area contributed by atoms with Crippen molar-refractivity contribution in [1.29, 1.82) is 0 Å². The van der Waals surface area contributed by atoms with Gasteiger partial charge in [-0.3, -0.25) is 0 Å².